The number of primary amides is 1. The number of carbonyl (C=O) groups is 2. The van der Waals surface area contributed by atoms with Gasteiger partial charge in [0.05, 0.1) is 18.2 Å². The van der Waals surface area contributed by atoms with Gasteiger partial charge in [0.25, 0.3) is 0 Å². The smallest absolute Gasteiger partial charge is 0.226 e. The van der Waals surface area contributed by atoms with Crippen LogP contribution in [0.3, 0.4) is 0 Å². The van der Waals surface area contributed by atoms with Gasteiger partial charge in [0.15, 0.2) is 0 Å². The molecule has 3 N–H and O–H groups in total. The number of halogens is 1. The number of hydrogen-bond donors (Lipinski definition) is 2. The van der Waals surface area contributed by atoms with Crippen molar-refractivity contribution in [1.29, 1.82) is 0 Å². The molecular weight excluding hydrogens is 455 g/mol. The molecule has 190 valence electrons. The summed E-state index contributed by atoms with van der Waals surface area (Å²) in [5.41, 5.74) is 8.41. The molecule has 1 saturated heterocycles. The van der Waals surface area contributed by atoms with Gasteiger partial charge in [0, 0.05) is 36.8 Å². The fourth-order valence-electron chi connectivity index (χ4n) is 5.46. The third-order valence-corrected chi connectivity index (χ3v) is 7.45. The maximum absolute atomic E-state index is 14.0. The van der Waals surface area contributed by atoms with Gasteiger partial charge in [-0.1, -0.05) is 68.7 Å². The second kappa shape index (κ2) is 11.5. The van der Waals surface area contributed by atoms with E-state index in [1.165, 1.54) is 24.0 Å². The summed E-state index contributed by atoms with van der Waals surface area (Å²) in [6.07, 6.45) is 8.09. The van der Waals surface area contributed by atoms with Crippen LogP contribution in [0.1, 0.15) is 49.4 Å². The lowest BCUT2D eigenvalue weighted by molar-refractivity contribution is -0.148. The van der Waals surface area contributed by atoms with Crippen LogP contribution in [0.25, 0.3) is 0 Å². The Morgan fingerprint density at radius 2 is 1.86 bits per heavy atom. The maximum atomic E-state index is 14.0. The summed E-state index contributed by atoms with van der Waals surface area (Å²) in [4.78, 5) is 35.5. The van der Waals surface area contributed by atoms with Crippen LogP contribution < -0.4 is 5.73 Å². The van der Waals surface area contributed by atoms with E-state index >= 15 is 0 Å². The summed E-state index contributed by atoms with van der Waals surface area (Å²) in [6.45, 7) is 3.40. The average molecular weight is 491 g/mol. The Hall–Kier alpha value is -3.48. The number of benzene rings is 2. The van der Waals surface area contributed by atoms with Crippen LogP contribution in [0.5, 0.6) is 0 Å². The van der Waals surface area contributed by atoms with Crippen LogP contribution in [0, 0.1) is 17.7 Å². The number of rotatable bonds is 12. The van der Waals surface area contributed by atoms with Crippen LogP contribution in [0.4, 0.5) is 4.39 Å². The normalized spacial score (nSPS) is 16.2. The number of unbranched alkanes of at least 4 members (excludes halogenated alkanes) is 2. The van der Waals surface area contributed by atoms with Gasteiger partial charge in [-0.25, -0.2) is 9.37 Å². The highest BCUT2D eigenvalue weighted by molar-refractivity contribution is 5.88. The topological polar surface area (TPSA) is 92.1 Å². The number of aromatic nitrogens is 2. The Morgan fingerprint density at radius 3 is 2.50 bits per heavy atom. The van der Waals surface area contributed by atoms with E-state index in [1.807, 2.05) is 23.1 Å². The SMILES string of the molecule is CCCCCC1(c2ccccc2)CN(C(=O)[C@H](Cc2cccc(F)c2)C(Cc2cnc[nH]2)C(N)=O)C1. The molecule has 0 saturated carbocycles. The van der Waals surface area contributed by atoms with Gasteiger partial charge in [0.2, 0.25) is 11.8 Å². The summed E-state index contributed by atoms with van der Waals surface area (Å²) in [7, 11) is 0. The lowest BCUT2D eigenvalue weighted by Crippen LogP contribution is -2.63. The molecule has 1 aromatic heterocycles. The van der Waals surface area contributed by atoms with E-state index in [4.69, 9.17) is 5.73 Å². The van der Waals surface area contributed by atoms with Crippen molar-refractivity contribution in [1.82, 2.24) is 14.9 Å². The molecule has 0 spiro atoms. The van der Waals surface area contributed by atoms with Crippen molar-refractivity contribution < 1.29 is 14.0 Å². The van der Waals surface area contributed by atoms with E-state index in [9.17, 15) is 14.0 Å². The molecule has 1 unspecified atom stereocenters. The minimum absolute atomic E-state index is 0.0823. The van der Waals surface area contributed by atoms with E-state index in [0.717, 1.165) is 31.4 Å². The van der Waals surface area contributed by atoms with Gasteiger partial charge in [-0.3, -0.25) is 9.59 Å². The van der Waals surface area contributed by atoms with Crippen LogP contribution in [-0.2, 0) is 27.8 Å². The van der Waals surface area contributed by atoms with Crippen molar-refractivity contribution in [2.24, 2.45) is 17.6 Å². The fourth-order valence-corrected chi connectivity index (χ4v) is 5.46. The third kappa shape index (κ3) is 5.83. The molecule has 1 aliphatic rings. The Balaban J connectivity index is 1.59. The van der Waals surface area contributed by atoms with Crippen LogP contribution in [-0.4, -0.2) is 39.8 Å². The summed E-state index contributed by atoms with van der Waals surface area (Å²) < 4.78 is 14.0. The number of aromatic amines is 1. The zero-order chi connectivity index (χ0) is 25.5. The van der Waals surface area contributed by atoms with Gasteiger partial charge >= 0.3 is 0 Å². The van der Waals surface area contributed by atoms with E-state index < -0.39 is 17.7 Å². The number of H-pyrrole nitrogens is 1. The van der Waals surface area contributed by atoms with Crippen LogP contribution in [0.15, 0.2) is 67.1 Å². The predicted octanol–water partition coefficient (Wildman–Crippen LogP) is 4.41. The largest absolute Gasteiger partial charge is 0.369 e. The minimum Gasteiger partial charge on any atom is -0.369 e. The average Bonchev–Trinajstić information content (AvgIpc) is 3.36. The molecule has 36 heavy (non-hydrogen) atoms. The van der Waals surface area contributed by atoms with Gasteiger partial charge < -0.3 is 15.6 Å². The third-order valence-electron chi connectivity index (χ3n) is 7.45. The molecule has 1 fully saturated rings. The summed E-state index contributed by atoms with van der Waals surface area (Å²) in [5, 5.41) is 0. The van der Waals surface area contributed by atoms with Crippen molar-refractivity contribution in [3.8, 4) is 0 Å². The Morgan fingerprint density at radius 1 is 1.08 bits per heavy atom. The van der Waals surface area contributed by atoms with E-state index in [1.54, 1.807) is 18.3 Å². The second-order valence-corrected chi connectivity index (χ2v) is 10.0. The fraction of sp³-hybridized carbons (Fsp3) is 0.414. The molecule has 2 amide bonds. The van der Waals surface area contributed by atoms with Crippen LogP contribution >= 0.6 is 0 Å². The number of nitrogens with one attached hydrogen (secondary N) is 1. The van der Waals surface area contributed by atoms with E-state index in [-0.39, 0.29) is 30.0 Å². The molecule has 4 rings (SSSR count). The van der Waals surface area contributed by atoms with E-state index in [2.05, 4.69) is 29.0 Å². The first-order chi connectivity index (χ1) is 17.4. The molecule has 0 aliphatic carbocycles. The molecule has 2 heterocycles. The zero-order valence-corrected chi connectivity index (χ0v) is 20.8. The summed E-state index contributed by atoms with van der Waals surface area (Å²) >= 11 is 0. The number of imidazole rings is 1. The molecule has 0 radical (unpaired) electrons. The van der Waals surface area contributed by atoms with Gasteiger partial charge in [0.1, 0.15) is 5.82 Å². The molecule has 3 aromatic rings. The highest BCUT2D eigenvalue weighted by Gasteiger charge is 2.48. The zero-order valence-electron chi connectivity index (χ0n) is 20.8. The summed E-state index contributed by atoms with van der Waals surface area (Å²) in [5.74, 6) is -2.46. The minimum atomic E-state index is -0.743. The second-order valence-electron chi connectivity index (χ2n) is 10.0. The first-order valence-electron chi connectivity index (χ1n) is 12.8. The van der Waals surface area contributed by atoms with Crippen molar-refractivity contribution in [3.05, 3.63) is 89.8 Å². The number of nitrogens with two attached hydrogens (primary N) is 1. The molecule has 7 heteroatoms. The Kier molecular flexibility index (Phi) is 8.18. The molecule has 6 nitrogen and oxygen atoms in total. The van der Waals surface area contributed by atoms with Crippen molar-refractivity contribution in [2.45, 2.75) is 50.9 Å². The monoisotopic (exact) mass is 490 g/mol. The van der Waals surface area contributed by atoms with Crippen LogP contribution in [0.2, 0.25) is 0 Å². The molecule has 1 aliphatic heterocycles. The van der Waals surface area contributed by atoms with E-state index in [0.29, 0.717) is 18.7 Å². The quantitative estimate of drug-likeness (QED) is 0.368. The number of amides is 2. The highest BCUT2D eigenvalue weighted by atomic mass is 19.1. The molecule has 0 bridgehead atoms. The summed E-state index contributed by atoms with van der Waals surface area (Å²) in [6, 6.07) is 16.6. The number of likely N-dealkylation sites (tertiary alicyclic amines) is 1. The standard InChI is InChI=1S/C29H35FN4O2/c1-2-3-7-13-29(22-10-5-4-6-11-22)18-34(19-29)28(36)26(15-21-9-8-12-23(30)14-21)25(27(31)35)16-24-17-32-20-33-24/h4-6,8-12,14,17,20,25-26H,2-3,7,13,15-16,18-19H2,1H3,(H2,31,35)(H,32,33)/t25?,26-/m1/s1. The first-order valence-corrected chi connectivity index (χ1v) is 12.8. The first kappa shape index (κ1) is 25.6. The number of carbonyl (C=O) groups excluding carboxylic acids is 2. The van der Waals surface area contributed by atoms with Crippen molar-refractivity contribution >= 4 is 11.8 Å². The van der Waals surface area contributed by atoms with Crippen molar-refractivity contribution in [3.63, 3.8) is 0 Å². The highest BCUT2D eigenvalue weighted by Crippen LogP contribution is 2.41. The Bertz CT molecular complexity index is 1140. The Labute approximate surface area is 212 Å². The lowest BCUT2D eigenvalue weighted by atomic mass is 9.69. The molecule has 2 atom stereocenters. The molecule has 2 aromatic carbocycles. The lowest BCUT2D eigenvalue weighted by Gasteiger charge is -2.52. The molecular formula is C29H35FN4O2. The van der Waals surface area contributed by atoms with Gasteiger partial charge in [-0.05, 0) is 36.1 Å². The number of hydrogen-bond acceptors (Lipinski definition) is 3. The van der Waals surface area contributed by atoms with Gasteiger partial charge in [-0.2, -0.15) is 0 Å². The van der Waals surface area contributed by atoms with Gasteiger partial charge in [-0.15, -0.1) is 0 Å². The maximum Gasteiger partial charge on any atom is 0.226 e. The number of nitrogens with zero attached hydrogens (tertiary/aromatic N) is 2. The van der Waals surface area contributed by atoms with Crippen molar-refractivity contribution in [2.75, 3.05) is 13.1 Å². The predicted molar refractivity (Wildman–Crippen MR) is 137 cm³/mol.